The van der Waals surface area contributed by atoms with Crippen LogP contribution in [0.2, 0.25) is 5.02 Å². The maximum atomic E-state index is 12.3. The molecule has 0 spiro atoms. The van der Waals surface area contributed by atoms with Gasteiger partial charge in [-0.1, -0.05) is 34.0 Å². The molecule has 0 bridgehead atoms. The molecule has 0 aliphatic heterocycles. The molecule has 3 nitrogen and oxygen atoms in total. The summed E-state index contributed by atoms with van der Waals surface area (Å²) < 4.78 is 5.20. The van der Waals surface area contributed by atoms with Crippen LogP contribution >= 0.6 is 27.5 Å². The second-order valence-corrected chi connectivity index (χ2v) is 5.55. The van der Waals surface area contributed by atoms with Crippen LogP contribution in [0.1, 0.15) is 29.6 Å². The van der Waals surface area contributed by atoms with E-state index in [0.29, 0.717) is 16.3 Å². The number of amides is 1. The third-order valence-corrected chi connectivity index (χ3v) is 3.66. The van der Waals surface area contributed by atoms with Crippen molar-refractivity contribution in [2.75, 3.05) is 26.0 Å². The van der Waals surface area contributed by atoms with E-state index in [9.17, 15) is 4.79 Å². The minimum atomic E-state index is -0.0349. The van der Waals surface area contributed by atoms with Crippen LogP contribution in [0.15, 0.2) is 18.2 Å². The molecule has 0 aliphatic rings. The lowest BCUT2D eigenvalue weighted by Gasteiger charge is -2.18. The lowest BCUT2D eigenvalue weighted by atomic mass is 10.1. The third-order valence-electron chi connectivity index (χ3n) is 2.87. The summed E-state index contributed by atoms with van der Waals surface area (Å²) >= 11 is 9.29. The first-order valence-electron chi connectivity index (χ1n) is 6.25. The van der Waals surface area contributed by atoms with Crippen LogP contribution in [0.25, 0.3) is 0 Å². The van der Waals surface area contributed by atoms with Gasteiger partial charge in [-0.3, -0.25) is 4.79 Å². The Morgan fingerprint density at radius 1 is 1.37 bits per heavy atom. The summed E-state index contributed by atoms with van der Waals surface area (Å²) in [5, 5.41) is 1.57. The number of benzene rings is 1. The highest BCUT2D eigenvalue weighted by atomic mass is 79.9. The van der Waals surface area contributed by atoms with Crippen LogP contribution in [0, 0.1) is 0 Å². The normalized spacial score (nSPS) is 10.3. The zero-order chi connectivity index (χ0) is 14.3. The minimum absolute atomic E-state index is 0.0349. The largest absolute Gasteiger partial charge is 0.496 e. The van der Waals surface area contributed by atoms with Crippen molar-refractivity contribution >= 4 is 33.4 Å². The van der Waals surface area contributed by atoms with Gasteiger partial charge in [-0.15, -0.1) is 0 Å². The maximum absolute atomic E-state index is 12.3. The second kappa shape index (κ2) is 8.43. The number of hydrogen-bond acceptors (Lipinski definition) is 2. The fraction of sp³-hybridized carbons (Fsp3) is 0.500. The lowest BCUT2D eigenvalue weighted by molar-refractivity contribution is 0.0789. The smallest absolute Gasteiger partial charge is 0.257 e. The van der Waals surface area contributed by atoms with Gasteiger partial charge in [0, 0.05) is 23.9 Å². The van der Waals surface area contributed by atoms with Gasteiger partial charge in [0.2, 0.25) is 0 Å². The van der Waals surface area contributed by atoms with Crippen LogP contribution in [-0.4, -0.2) is 36.8 Å². The first kappa shape index (κ1) is 16.3. The van der Waals surface area contributed by atoms with Crippen LogP contribution in [0.5, 0.6) is 5.75 Å². The molecular weight excluding hydrogens is 330 g/mol. The molecule has 0 fully saturated rings. The van der Waals surface area contributed by atoms with Gasteiger partial charge in [0.1, 0.15) is 5.75 Å². The zero-order valence-corrected chi connectivity index (χ0v) is 13.6. The van der Waals surface area contributed by atoms with Crippen molar-refractivity contribution in [1.29, 1.82) is 0 Å². The summed E-state index contributed by atoms with van der Waals surface area (Å²) in [5.41, 5.74) is 0.551. The van der Waals surface area contributed by atoms with Crippen LogP contribution in [-0.2, 0) is 0 Å². The maximum Gasteiger partial charge on any atom is 0.257 e. The third kappa shape index (κ3) is 5.03. The number of nitrogens with zero attached hydrogens (tertiary/aromatic N) is 1. The Balaban J connectivity index is 2.66. The highest BCUT2D eigenvalue weighted by Gasteiger charge is 2.16. The van der Waals surface area contributed by atoms with E-state index in [2.05, 4.69) is 15.9 Å². The van der Waals surface area contributed by atoms with E-state index in [-0.39, 0.29) is 5.91 Å². The van der Waals surface area contributed by atoms with Crippen molar-refractivity contribution < 1.29 is 9.53 Å². The molecule has 0 aliphatic carbocycles. The van der Waals surface area contributed by atoms with E-state index in [4.69, 9.17) is 16.3 Å². The molecule has 0 saturated carbocycles. The number of carbonyl (C=O) groups is 1. The number of rotatable bonds is 7. The molecule has 1 rings (SSSR count). The Kier molecular flexibility index (Phi) is 7.24. The summed E-state index contributed by atoms with van der Waals surface area (Å²) in [6.07, 6.45) is 3.25. The Labute approximate surface area is 128 Å². The molecule has 1 aromatic rings. The first-order chi connectivity index (χ1) is 9.10. The Hall–Kier alpha value is -0.740. The number of methoxy groups -OCH3 is 1. The zero-order valence-electron chi connectivity index (χ0n) is 11.3. The molecule has 0 radical (unpaired) electrons. The van der Waals surface area contributed by atoms with Crippen LogP contribution in [0.4, 0.5) is 0 Å². The molecule has 0 heterocycles. The van der Waals surface area contributed by atoms with Gasteiger partial charge < -0.3 is 9.64 Å². The van der Waals surface area contributed by atoms with E-state index in [1.807, 2.05) is 7.05 Å². The van der Waals surface area contributed by atoms with Gasteiger partial charge in [0.05, 0.1) is 12.7 Å². The van der Waals surface area contributed by atoms with Crippen LogP contribution in [0.3, 0.4) is 0 Å². The fourth-order valence-electron chi connectivity index (χ4n) is 1.77. The molecule has 0 atom stereocenters. The Bertz CT molecular complexity index is 426. The Morgan fingerprint density at radius 3 is 2.74 bits per heavy atom. The number of ether oxygens (including phenoxy) is 1. The summed E-state index contributed by atoms with van der Waals surface area (Å²) in [4.78, 5) is 14.0. The number of alkyl halides is 1. The predicted octanol–water partition coefficient (Wildman–Crippen LogP) is 3.99. The summed E-state index contributed by atoms with van der Waals surface area (Å²) in [5.74, 6) is 0.483. The molecule has 106 valence electrons. The molecule has 5 heteroatoms. The monoisotopic (exact) mass is 347 g/mol. The van der Waals surface area contributed by atoms with Crippen molar-refractivity contribution in [1.82, 2.24) is 4.90 Å². The molecule has 0 aromatic heterocycles. The van der Waals surface area contributed by atoms with E-state index < -0.39 is 0 Å². The van der Waals surface area contributed by atoms with Gasteiger partial charge in [0.25, 0.3) is 5.91 Å². The van der Waals surface area contributed by atoms with Gasteiger partial charge >= 0.3 is 0 Å². The van der Waals surface area contributed by atoms with Gasteiger partial charge in [0.15, 0.2) is 0 Å². The van der Waals surface area contributed by atoms with Gasteiger partial charge in [-0.25, -0.2) is 0 Å². The quantitative estimate of drug-likeness (QED) is 0.551. The van der Waals surface area contributed by atoms with Crippen molar-refractivity contribution in [3.63, 3.8) is 0 Å². The van der Waals surface area contributed by atoms with Gasteiger partial charge in [-0.2, -0.15) is 0 Å². The highest BCUT2D eigenvalue weighted by Crippen LogP contribution is 2.24. The Morgan fingerprint density at radius 2 is 2.11 bits per heavy atom. The van der Waals surface area contributed by atoms with Crippen molar-refractivity contribution in [3.8, 4) is 5.75 Å². The molecule has 1 amide bonds. The van der Waals surface area contributed by atoms with E-state index >= 15 is 0 Å². The SMILES string of the molecule is COc1cc(Cl)ccc1C(=O)N(C)CCCCCBr. The number of halogens is 2. The van der Waals surface area contributed by atoms with Crippen molar-refractivity contribution in [3.05, 3.63) is 28.8 Å². The molecule has 19 heavy (non-hydrogen) atoms. The summed E-state index contributed by atoms with van der Waals surface area (Å²) in [7, 11) is 3.35. The van der Waals surface area contributed by atoms with E-state index in [1.165, 1.54) is 0 Å². The fourth-order valence-corrected chi connectivity index (χ4v) is 2.33. The van der Waals surface area contributed by atoms with Crippen molar-refractivity contribution in [2.45, 2.75) is 19.3 Å². The number of hydrogen-bond donors (Lipinski definition) is 0. The molecule has 0 saturated heterocycles. The number of unbranched alkanes of at least 4 members (excludes halogenated alkanes) is 2. The predicted molar refractivity (Wildman–Crippen MR) is 82.6 cm³/mol. The molecule has 1 aromatic carbocycles. The molecule has 0 N–H and O–H groups in total. The average molecular weight is 349 g/mol. The number of carbonyl (C=O) groups excluding carboxylic acids is 1. The highest BCUT2D eigenvalue weighted by molar-refractivity contribution is 9.09. The molecular formula is C14H19BrClNO2. The lowest BCUT2D eigenvalue weighted by Crippen LogP contribution is -2.28. The first-order valence-corrected chi connectivity index (χ1v) is 7.75. The van der Waals surface area contributed by atoms with E-state index in [0.717, 1.165) is 31.1 Å². The summed E-state index contributed by atoms with van der Waals surface area (Å²) in [6, 6.07) is 5.07. The average Bonchev–Trinajstić information content (AvgIpc) is 2.42. The van der Waals surface area contributed by atoms with Gasteiger partial charge in [-0.05, 0) is 31.0 Å². The van der Waals surface area contributed by atoms with Crippen molar-refractivity contribution in [2.24, 2.45) is 0 Å². The summed E-state index contributed by atoms with van der Waals surface area (Å²) in [6.45, 7) is 0.748. The van der Waals surface area contributed by atoms with Crippen LogP contribution < -0.4 is 4.74 Å². The topological polar surface area (TPSA) is 29.5 Å². The minimum Gasteiger partial charge on any atom is -0.496 e. The van der Waals surface area contributed by atoms with E-state index in [1.54, 1.807) is 30.2 Å². The second-order valence-electron chi connectivity index (χ2n) is 4.32. The standard InChI is InChI=1S/C14H19BrClNO2/c1-17(9-5-3-4-8-15)14(18)12-7-6-11(16)10-13(12)19-2/h6-7,10H,3-5,8-9H2,1-2H3. The molecule has 0 unspecified atom stereocenters.